The molecule has 1 fully saturated rings. The molecule has 0 saturated carbocycles. The molecule has 1 saturated heterocycles. The molecule has 3 heterocycles. The van der Waals surface area contributed by atoms with Gasteiger partial charge in [-0.2, -0.15) is 13.2 Å². The summed E-state index contributed by atoms with van der Waals surface area (Å²) in [7, 11) is 1.79. The van der Waals surface area contributed by atoms with E-state index >= 15 is 0 Å². The minimum Gasteiger partial charge on any atom is -0.381 e. The van der Waals surface area contributed by atoms with Crippen LogP contribution >= 0.6 is 11.8 Å². The third kappa shape index (κ3) is 4.35. The van der Waals surface area contributed by atoms with E-state index in [9.17, 15) is 13.2 Å². The number of halogens is 3. The van der Waals surface area contributed by atoms with Gasteiger partial charge in [-0.15, -0.1) is 0 Å². The van der Waals surface area contributed by atoms with Crippen molar-refractivity contribution in [2.45, 2.75) is 35.9 Å². The number of rotatable bonds is 4. The van der Waals surface area contributed by atoms with Gasteiger partial charge >= 0.3 is 6.18 Å². The Morgan fingerprint density at radius 1 is 1.29 bits per heavy atom. The van der Waals surface area contributed by atoms with Crippen LogP contribution in [0.25, 0.3) is 0 Å². The fourth-order valence-electron chi connectivity index (χ4n) is 3.13. The number of hydrogen-bond donors (Lipinski definition) is 2. The van der Waals surface area contributed by atoms with Gasteiger partial charge in [0.05, 0.1) is 0 Å². The summed E-state index contributed by atoms with van der Waals surface area (Å²) in [5.74, 6) is 0.776. The predicted molar refractivity (Wildman–Crippen MR) is 107 cm³/mol. The lowest BCUT2D eigenvalue weighted by Gasteiger charge is -2.39. The van der Waals surface area contributed by atoms with E-state index in [-0.39, 0.29) is 21.2 Å². The topological polar surface area (TPSA) is 93.9 Å². The molecule has 0 bridgehead atoms. The molecular formula is C17H22BF3N6S. The summed E-state index contributed by atoms with van der Waals surface area (Å²) in [6.07, 6.45) is -1.57. The fraction of sp³-hybridized carbons (Fsp3) is 0.471. The minimum absolute atomic E-state index is 0.0557. The fourth-order valence-corrected chi connectivity index (χ4v) is 4.08. The second kappa shape index (κ2) is 7.78. The number of piperidine rings is 1. The van der Waals surface area contributed by atoms with Crippen molar-refractivity contribution in [3.63, 3.8) is 0 Å². The van der Waals surface area contributed by atoms with Gasteiger partial charge < -0.3 is 16.4 Å². The molecule has 0 aliphatic carbocycles. The third-order valence-corrected chi connectivity index (χ3v) is 6.09. The van der Waals surface area contributed by atoms with Gasteiger partial charge in [0.2, 0.25) is 0 Å². The van der Waals surface area contributed by atoms with Crippen LogP contribution in [0, 0.1) is 5.41 Å². The van der Waals surface area contributed by atoms with E-state index in [4.69, 9.17) is 11.5 Å². The second-order valence-corrected chi connectivity index (χ2v) is 8.31. The maximum Gasteiger partial charge on any atom is 0.434 e. The molecule has 0 radical (unpaired) electrons. The van der Waals surface area contributed by atoms with Crippen molar-refractivity contribution >= 4 is 36.8 Å². The van der Waals surface area contributed by atoms with Gasteiger partial charge in [0.15, 0.2) is 19.4 Å². The molecule has 1 aliphatic rings. The van der Waals surface area contributed by atoms with E-state index in [0.717, 1.165) is 43.9 Å². The molecule has 0 amide bonds. The number of nitrogens with two attached hydrogens (primary N) is 2. The largest absolute Gasteiger partial charge is 0.434 e. The van der Waals surface area contributed by atoms with Gasteiger partial charge in [-0.05, 0) is 36.9 Å². The molecule has 0 aromatic carbocycles. The molecule has 2 aromatic heterocycles. The summed E-state index contributed by atoms with van der Waals surface area (Å²) in [6.45, 7) is 4.38. The predicted octanol–water partition coefficient (Wildman–Crippen LogP) is 1.45. The molecule has 28 heavy (non-hydrogen) atoms. The van der Waals surface area contributed by atoms with Crippen LogP contribution in [0.3, 0.4) is 0 Å². The Labute approximate surface area is 166 Å². The van der Waals surface area contributed by atoms with E-state index in [1.54, 1.807) is 7.85 Å². The highest BCUT2D eigenvalue weighted by Crippen LogP contribution is 2.39. The van der Waals surface area contributed by atoms with Crippen LogP contribution in [0.2, 0.25) is 0 Å². The Kier molecular flexibility index (Phi) is 5.76. The van der Waals surface area contributed by atoms with Gasteiger partial charge in [0.1, 0.15) is 10.8 Å². The van der Waals surface area contributed by atoms with Gasteiger partial charge in [0.25, 0.3) is 0 Å². The van der Waals surface area contributed by atoms with Crippen molar-refractivity contribution in [2.75, 3.05) is 30.3 Å². The van der Waals surface area contributed by atoms with Crippen LogP contribution in [-0.4, -0.2) is 42.4 Å². The number of nitrogens with zero attached hydrogens (tertiary/aromatic N) is 4. The number of nitrogen functional groups attached to an aromatic ring is 1. The lowest BCUT2D eigenvalue weighted by atomic mass is 9.80. The quantitative estimate of drug-likeness (QED) is 0.737. The number of hydrogen-bond acceptors (Lipinski definition) is 7. The number of anilines is 2. The molecule has 3 rings (SSSR count). The summed E-state index contributed by atoms with van der Waals surface area (Å²) >= 11 is 0.824. The van der Waals surface area contributed by atoms with E-state index in [0.29, 0.717) is 18.0 Å². The van der Waals surface area contributed by atoms with Gasteiger partial charge in [0, 0.05) is 29.8 Å². The summed E-state index contributed by atoms with van der Waals surface area (Å²) in [5, 5.41) is 0.239. The molecule has 0 unspecified atom stereocenters. The highest BCUT2D eigenvalue weighted by atomic mass is 32.2. The van der Waals surface area contributed by atoms with Crippen molar-refractivity contribution < 1.29 is 13.2 Å². The number of pyridine rings is 1. The number of alkyl halides is 3. The van der Waals surface area contributed by atoms with E-state index in [1.165, 1.54) is 12.1 Å². The third-order valence-electron chi connectivity index (χ3n) is 5.05. The Morgan fingerprint density at radius 2 is 1.96 bits per heavy atom. The maximum absolute atomic E-state index is 13.2. The smallest absolute Gasteiger partial charge is 0.381 e. The molecule has 11 heteroatoms. The molecule has 0 atom stereocenters. The van der Waals surface area contributed by atoms with Crippen molar-refractivity contribution in [1.29, 1.82) is 0 Å². The molecule has 0 spiro atoms. The molecule has 2 aromatic rings. The monoisotopic (exact) mass is 410 g/mol. The Balaban J connectivity index is 1.84. The van der Waals surface area contributed by atoms with Crippen LogP contribution in [0.5, 0.6) is 0 Å². The lowest BCUT2D eigenvalue weighted by molar-refractivity contribution is -0.143. The zero-order chi connectivity index (χ0) is 20.5. The normalized spacial score (nSPS) is 17.0. The average molecular weight is 410 g/mol. The first-order chi connectivity index (χ1) is 13.1. The zero-order valence-corrected chi connectivity index (χ0v) is 16.6. The number of aromatic nitrogens is 3. The first-order valence-electron chi connectivity index (χ1n) is 8.92. The Morgan fingerprint density at radius 3 is 2.57 bits per heavy atom. The van der Waals surface area contributed by atoms with E-state index in [1.807, 2.05) is 0 Å². The Hall–Kier alpha value is -2.01. The molecule has 4 N–H and O–H groups in total. The zero-order valence-electron chi connectivity index (χ0n) is 15.8. The van der Waals surface area contributed by atoms with Crippen molar-refractivity contribution in [3.8, 4) is 0 Å². The summed E-state index contributed by atoms with van der Waals surface area (Å²) in [5.41, 5.74) is 11.7. The van der Waals surface area contributed by atoms with Crippen molar-refractivity contribution in [1.82, 2.24) is 15.0 Å². The molecular weight excluding hydrogens is 388 g/mol. The van der Waals surface area contributed by atoms with Crippen LogP contribution in [0.15, 0.2) is 28.3 Å². The first-order valence-corrected chi connectivity index (χ1v) is 9.74. The van der Waals surface area contributed by atoms with E-state index < -0.39 is 11.9 Å². The second-order valence-electron chi connectivity index (χ2n) is 7.27. The van der Waals surface area contributed by atoms with Crippen LogP contribution in [-0.2, 0) is 6.18 Å². The highest BCUT2D eigenvalue weighted by molar-refractivity contribution is 7.99. The van der Waals surface area contributed by atoms with Crippen molar-refractivity contribution in [2.24, 2.45) is 11.1 Å². The summed E-state index contributed by atoms with van der Waals surface area (Å²) < 4.78 is 39.5. The first kappa shape index (κ1) is 20.7. The molecule has 1 aliphatic heterocycles. The van der Waals surface area contributed by atoms with Crippen LogP contribution < -0.4 is 22.0 Å². The van der Waals surface area contributed by atoms with Crippen molar-refractivity contribution in [3.05, 3.63) is 24.0 Å². The summed E-state index contributed by atoms with van der Waals surface area (Å²) in [6, 6.07) is 2.80. The molecule has 6 nitrogen and oxygen atoms in total. The van der Waals surface area contributed by atoms with E-state index in [2.05, 4.69) is 26.8 Å². The van der Waals surface area contributed by atoms with Crippen LogP contribution in [0.4, 0.5) is 24.8 Å². The highest BCUT2D eigenvalue weighted by Gasteiger charge is 2.36. The maximum atomic E-state index is 13.2. The van der Waals surface area contributed by atoms with Gasteiger partial charge in [-0.25, -0.2) is 9.97 Å². The standard InChI is InChI=1S/C17H22BF3N6S/c1-16(9-22)4-7-27(8-5-16)14-12(18)25-15(13(23)26-14)28-10-3-2-6-24-11(10)17(19,20)21/h2-3,6H,4-5,7-9,18,22H2,1H3,(H2,23,26). The van der Waals surface area contributed by atoms with Gasteiger partial charge in [-0.3, -0.25) is 4.98 Å². The molecule has 150 valence electrons. The minimum atomic E-state index is -4.55. The SMILES string of the molecule is Bc1nc(Sc2cccnc2C(F)(F)F)c(N)nc1N1CCC(C)(CN)CC1. The van der Waals surface area contributed by atoms with Crippen LogP contribution in [0.1, 0.15) is 25.5 Å². The summed E-state index contributed by atoms with van der Waals surface area (Å²) in [4.78, 5) is 14.4. The van der Waals surface area contributed by atoms with Gasteiger partial charge in [-0.1, -0.05) is 18.7 Å². The average Bonchev–Trinajstić information content (AvgIpc) is 2.65. The lowest BCUT2D eigenvalue weighted by Crippen LogP contribution is -2.44. The Bertz CT molecular complexity index is 855.